The van der Waals surface area contributed by atoms with E-state index in [1.807, 2.05) is 0 Å². The van der Waals surface area contributed by atoms with Crippen LogP contribution in [-0.2, 0) is 5.41 Å². The van der Waals surface area contributed by atoms with Crippen LogP contribution in [0.2, 0.25) is 0 Å². The van der Waals surface area contributed by atoms with Crippen LogP contribution < -0.4 is 0 Å². The molecular formula is C51H30. The molecule has 234 valence electrons. The molecule has 0 aliphatic heterocycles. The fraction of sp³-hybridized carbons (Fsp3) is 0.0196. The van der Waals surface area contributed by atoms with Gasteiger partial charge in [-0.3, -0.25) is 0 Å². The summed E-state index contributed by atoms with van der Waals surface area (Å²) in [5.41, 5.74) is 13.0. The van der Waals surface area contributed by atoms with Crippen molar-refractivity contribution in [2.24, 2.45) is 0 Å². The van der Waals surface area contributed by atoms with Crippen molar-refractivity contribution < 1.29 is 0 Å². The lowest BCUT2D eigenvalue weighted by molar-refractivity contribution is 0.795. The Morgan fingerprint density at radius 3 is 1.63 bits per heavy atom. The van der Waals surface area contributed by atoms with Crippen molar-refractivity contribution in [3.8, 4) is 33.4 Å². The fourth-order valence-corrected chi connectivity index (χ4v) is 9.93. The first-order chi connectivity index (χ1) is 25.3. The number of hydrogen-bond acceptors (Lipinski definition) is 0. The minimum atomic E-state index is -0.386. The highest BCUT2D eigenvalue weighted by molar-refractivity contribution is 6.23. The largest absolute Gasteiger partial charge is 0.0725 e. The van der Waals surface area contributed by atoms with Gasteiger partial charge in [0.25, 0.3) is 0 Å². The lowest BCUT2D eigenvalue weighted by Gasteiger charge is -2.30. The van der Waals surface area contributed by atoms with E-state index in [-0.39, 0.29) is 5.41 Å². The summed E-state index contributed by atoms with van der Waals surface area (Å²) in [7, 11) is 0. The van der Waals surface area contributed by atoms with Crippen molar-refractivity contribution in [2.75, 3.05) is 0 Å². The van der Waals surface area contributed by atoms with Gasteiger partial charge >= 0.3 is 0 Å². The Morgan fingerprint density at radius 1 is 0.275 bits per heavy atom. The summed E-state index contributed by atoms with van der Waals surface area (Å²) in [4.78, 5) is 0. The van der Waals surface area contributed by atoms with Crippen molar-refractivity contribution in [3.05, 3.63) is 204 Å². The highest BCUT2D eigenvalue weighted by Gasteiger charge is 2.52. The van der Waals surface area contributed by atoms with E-state index in [1.165, 1.54) is 109 Å². The van der Waals surface area contributed by atoms with Gasteiger partial charge in [-0.25, -0.2) is 0 Å². The molecule has 0 atom stereocenters. The fourth-order valence-electron chi connectivity index (χ4n) is 9.93. The lowest BCUT2D eigenvalue weighted by Crippen LogP contribution is -2.25. The van der Waals surface area contributed by atoms with Gasteiger partial charge in [-0.1, -0.05) is 158 Å². The molecule has 0 N–H and O–H groups in total. The molecule has 10 aromatic rings. The van der Waals surface area contributed by atoms with Crippen LogP contribution in [0.3, 0.4) is 0 Å². The highest BCUT2D eigenvalue weighted by Crippen LogP contribution is 2.64. The summed E-state index contributed by atoms with van der Waals surface area (Å²) in [5, 5.41) is 12.9. The summed E-state index contributed by atoms with van der Waals surface area (Å²) in [5.74, 6) is 0. The van der Waals surface area contributed by atoms with Gasteiger partial charge in [0.05, 0.1) is 5.41 Å². The van der Waals surface area contributed by atoms with Crippen molar-refractivity contribution in [1.29, 1.82) is 0 Å². The van der Waals surface area contributed by atoms with Crippen LogP contribution >= 0.6 is 0 Å². The monoisotopic (exact) mass is 642 g/mol. The summed E-state index contributed by atoms with van der Waals surface area (Å²) in [6.45, 7) is 0. The van der Waals surface area contributed by atoms with E-state index in [0.717, 1.165) is 0 Å². The lowest BCUT2D eigenvalue weighted by atomic mass is 9.70. The Kier molecular flexibility index (Phi) is 5.26. The van der Waals surface area contributed by atoms with Crippen LogP contribution in [0, 0.1) is 0 Å². The van der Waals surface area contributed by atoms with Crippen LogP contribution in [0.4, 0.5) is 0 Å². The molecule has 0 fully saturated rings. The van der Waals surface area contributed by atoms with Crippen LogP contribution in [0.5, 0.6) is 0 Å². The number of benzene rings is 10. The number of fused-ring (bicyclic) bond motifs is 18. The molecule has 0 unspecified atom stereocenters. The zero-order chi connectivity index (χ0) is 33.3. The standard InChI is InChI=1S/C51H30/c1-3-13-37-31(11-1)21-24-35-29-43(39-15-5-6-18-42(39)49(35)37)34-23-22-33-28-44-48(30-36(33)27-34)51(47-26-25-32-12-2-4-14-38(32)50(44)47)45-19-9-7-16-40(45)41-17-8-10-20-46(41)51/h1-30H. The van der Waals surface area contributed by atoms with Gasteiger partial charge in [-0.2, -0.15) is 0 Å². The average molecular weight is 643 g/mol. The predicted molar refractivity (Wildman–Crippen MR) is 216 cm³/mol. The quantitative estimate of drug-likeness (QED) is 0.156. The van der Waals surface area contributed by atoms with Crippen LogP contribution in [0.1, 0.15) is 22.3 Å². The molecule has 0 saturated carbocycles. The molecule has 1 spiro atoms. The van der Waals surface area contributed by atoms with Gasteiger partial charge < -0.3 is 0 Å². The molecule has 12 rings (SSSR count). The van der Waals surface area contributed by atoms with E-state index in [2.05, 4.69) is 182 Å². The van der Waals surface area contributed by atoms with Crippen molar-refractivity contribution in [1.82, 2.24) is 0 Å². The van der Waals surface area contributed by atoms with Crippen molar-refractivity contribution in [3.63, 3.8) is 0 Å². The minimum Gasteiger partial charge on any atom is -0.0619 e. The smallest absolute Gasteiger partial charge is 0.0619 e. The molecular weight excluding hydrogens is 613 g/mol. The second kappa shape index (κ2) is 9.81. The van der Waals surface area contributed by atoms with E-state index in [4.69, 9.17) is 0 Å². The van der Waals surface area contributed by atoms with E-state index in [0.29, 0.717) is 0 Å². The number of hydrogen-bond donors (Lipinski definition) is 0. The third-order valence-electron chi connectivity index (χ3n) is 12.0. The minimum absolute atomic E-state index is 0.386. The molecule has 0 bridgehead atoms. The maximum Gasteiger partial charge on any atom is 0.0725 e. The molecule has 0 nitrogen and oxygen atoms in total. The summed E-state index contributed by atoms with van der Waals surface area (Å²) in [6.07, 6.45) is 0. The summed E-state index contributed by atoms with van der Waals surface area (Å²) < 4.78 is 0. The SMILES string of the molecule is c1ccc2c(c1)-c1ccccc1C21c2cc3cc(-c4cc5ccc6ccccc6c5c5ccccc45)ccc3cc2-c2c1ccc1ccccc21. The van der Waals surface area contributed by atoms with Gasteiger partial charge in [-0.05, 0) is 134 Å². The Hall–Kier alpha value is -6.50. The van der Waals surface area contributed by atoms with Gasteiger partial charge in [0.2, 0.25) is 0 Å². The Morgan fingerprint density at radius 2 is 0.843 bits per heavy atom. The topological polar surface area (TPSA) is 0 Å². The van der Waals surface area contributed by atoms with E-state index < -0.39 is 0 Å². The molecule has 0 amide bonds. The predicted octanol–water partition coefficient (Wildman–Crippen LogP) is 13.5. The molecule has 51 heavy (non-hydrogen) atoms. The first-order valence-electron chi connectivity index (χ1n) is 17.9. The third-order valence-corrected chi connectivity index (χ3v) is 12.0. The van der Waals surface area contributed by atoms with Crippen LogP contribution in [0.25, 0.3) is 87.2 Å². The van der Waals surface area contributed by atoms with Gasteiger partial charge in [-0.15, -0.1) is 0 Å². The third kappa shape index (κ3) is 3.44. The number of rotatable bonds is 1. The maximum absolute atomic E-state index is 2.53. The summed E-state index contributed by atoms with van der Waals surface area (Å²) >= 11 is 0. The van der Waals surface area contributed by atoms with Gasteiger partial charge in [0, 0.05) is 0 Å². The first-order valence-corrected chi connectivity index (χ1v) is 17.9. The zero-order valence-corrected chi connectivity index (χ0v) is 27.8. The first kappa shape index (κ1) is 27.3. The normalized spacial score (nSPS) is 13.6. The van der Waals surface area contributed by atoms with E-state index in [9.17, 15) is 0 Å². The van der Waals surface area contributed by atoms with Crippen molar-refractivity contribution in [2.45, 2.75) is 5.41 Å². The molecule has 0 aromatic heterocycles. The molecule has 0 heterocycles. The molecule has 0 saturated heterocycles. The van der Waals surface area contributed by atoms with Gasteiger partial charge in [0.1, 0.15) is 0 Å². The maximum atomic E-state index is 2.53. The Bertz CT molecular complexity index is 3100. The van der Waals surface area contributed by atoms with Crippen LogP contribution in [0.15, 0.2) is 182 Å². The second-order valence-corrected chi connectivity index (χ2v) is 14.4. The van der Waals surface area contributed by atoms with E-state index in [1.54, 1.807) is 0 Å². The molecule has 10 aromatic carbocycles. The second-order valence-electron chi connectivity index (χ2n) is 14.4. The zero-order valence-electron chi connectivity index (χ0n) is 27.8. The summed E-state index contributed by atoms with van der Waals surface area (Å²) in [6, 6.07) is 68.6. The molecule has 2 aliphatic carbocycles. The highest BCUT2D eigenvalue weighted by atomic mass is 14.5. The molecule has 2 aliphatic rings. The molecule has 0 radical (unpaired) electrons. The van der Waals surface area contributed by atoms with Crippen molar-refractivity contribution >= 4 is 53.9 Å². The Balaban J connectivity index is 1.17. The van der Waals surface area contributed by atoms with Gasteiger partial charge in [0.15, 0.2) is 0 Å². The Labute approximate surface area is 295 Å². The average Bonchev–Trinajstić information content (AvgIpc) is 3.66. The molecule has 0 heteroatoms. The van der Waals surface area contributed by atoms with Crippen LogP contribution in [-0.4, -0.2) is 0 Å². The van der Waals surface area contributed by atoms with E-state index >= 15 is 0 Å².